The molecule has 5 aliphatic rings. The first-order valence-corrected chi connectivity index (χ1v) is 13.3. The number of oxime groups is 1. The topological polar surface area (TPSA) is 137 Å². The summed E-state index contributed by atoms with van der Waals surface area (Å²) in [6, 6.07) is 1.79. The van der Waals surface area contributed by atoms with Gasteiger partial charge in [0.1, 0.15) is 23.4 Å². The second kappa shape index (κ2) is 7.61. The average molecular weight is 530 g/mol. The van der Waals surface area contributed by atoms with E-state index >= 15 is 0 Å². The Bertz CT molecular complexity index is 1240. The molecule has 10 heteroatoms. The maximum Gasteiger partial charge on any atom is 0.339 e. The van der Waals surface area contributed by atoms with Gasteiger partial charge in [0.15, 0.2) is 6.10 Å². The van der Waals surface area contributed by atoms with Gasteiger partial charge < -0.3 is 28.6 Å². The Balaban J connectivity index is 1.56. The van der Waals surface area contributed by atoms with Crippen molar-refractivity contribution in [3.05, 3.63) is 24.2 Å². The number of rotatable bonds is 2. The standard InChI is InChI=1S/C28H35NO9/c1-14(30)35-19-12-20(31)37-24(2,3)17-11-18(29-33)27(6)16(26(17,19)5)7-9-25(4)21(15-8-10-34-13-15)36-23(32)22-28(25,27)38-22/h8,10,13,16-17,19,21-22,33H,7,9,11-12H2,1-6H3/b29-18+/t16-,17+,19+,21-,22-,25+,26-,27+,28-/m1/s1. The Morgan fingerprint density at radius 2 is 1.84 bits per heavy atom. The normalized spacial score (nSPS) is 47.8. The fourth-order valence-electron chi connectivity index (χ4n) is 9.41. The third kappa shape index (κ3) is 2.82. The van der Waals surface area contributed by atoms with Crippen LogP contribution in [0.5, 0.6) is 0 Å². The first-order valence-electron chi connectivity index (χ1n) is 13.3. The second-order valence-corrected chi connectivity index (χ2v) is 12.9. The third-order valence-corrected chi connectivity index (χ3v) is 10.9. The number of esters is 3. The molecule has 3 aliphatic heterocycles. The molecule has 6 rings (SSSR count). The van der Waals surface area contributed by atoms with Crippen LogP contribution in [0.4, 0.5) is 0 Å². The summed E-state index contributed by atoms with van der Waals surface area (Å²) in [4.78, 5) is 38.6. The van der Waals surface area contributed by atoms with E-state index in [2.05, 4.69) is 19.0 Å². The lowest BCUT2D eigenvalue weighted by Crippen LogP contribution is -2.72. The maximum absolute atomic E-state index is 13.3. The minimum absolute atomic E-state index is 0.0809. The number of ether oxygens (including phenoxy) is 4. The van der Waals surface area contributed by atoms with Crippen LogP contribution >= 0.6 is 0 Å². The van der Waals surface area contributed by atoms with Crippen molar-refractivity contribution in [3.63, 3.8) is 0 Å². The predicted molar refractivity (Wildman–Crippen MR) is 130 cm³/mol. The van der Waals surface area contributed by atoms with E-state index in [0.717, 1.165) is 5.56 Å². The van der Waals surface area contributed by atoms with Crippen LogP contribution in [-0.2, 0) is 33.3 Å². The zero-order chi connectivity index (χ0) is 27.5. The van der Waals surface area contributed by atoms with E-state index in [1.54, 1.807) is 18.6 Å². The number of hydrogen-bond acceptors (Lipinski definition) is 10. The molecular weight excluding hydrogens is 494 g/mol. The number of hydrogen-bond donors (Lipinski definition) is 1. The molecule has 1 aromatic rings. The molecule has 5 fully saturated rings. The van der Waals surface area contributed by atoms with Crippen LogP contribution < -0.4 is 0 Å². The summed E-state index contributed by atoms with van der Waals surface area (Å²) in [6.07, 6.45) is 2.37. The summed E-state index contributed by atoms with van der Waals surface area (Å²) >= 11 is 0. The van der Waals surface area contributed by atoms with Crippen LogP contribution in [-0.4, -0.2) is 52.2 Å². The SMILES string of the molecule is CC(=O)O[C@H]1CC(=O)OC(C)(C)[C@@H]2C/C(=N\O)[C@]3(C)[C@H](CC[C@@]4(C)[C@@H](c5ccoc5)OC(=O)[C@H]5O[C@]543)[C@@]12C. The zero-order valence-corrected chi connectivity index (χ0v) is 22.6. The van der Waals surface area contributed by atoms with E-state index in [9.17, 15) is 19.6 Å². The zero-order valence-electron chi connectivity index (χ0n) is 22.6. The highest BCUT2D eigenvalue weighted by atomic mass is 16.7. The molecule has 2 saturated carbocycles. The van der Waals surface area contributed by atoms with Gasteiger partial charge in [0.2, 0.25) is 0 Å². The second-order valence-electron chi connectivity index (χ2n) is 12.9. The van der Waals surface area contributed by atoms with E-state index in [4.69, 9.17) is 23.4 Å². The number of epoxide rings is 1. The quantitative estimate of drug-likeness (QED) is 0.198. The van der Waals surface area contributed by atoms with E-state index in [-0.39, 0.29) is 24.7 Å². The van der Waals surface area contributed by atoms with Crippen LogP contribution in [0.3, 0.4) is 0 Å². The molecule has 10 nitrogen and oxygen atoms in total. The van der Waals surface area contributed by atoms with Gasteiger partial charge in [-0.1, -0.05) is 25.9 Å². The summed E-state index contributed by atoms with van der Waals surface area (Å²) in [7, 11) is 0. The summed E-state index contributed by atoms with van der Waals surface area (Å²) in [5, 5.41) is 14.4. The molecule has 0 amide bonds. The van der Waals surface area contributed by atoms with Crippen molar-refractivity contribution in [3.8, 4) is 0 Å². The highest BCUT2D eigenvalue weighted by molar-refractivity contribution is 5.96. The molecule has 1 spiro atoms. The molecule has 0 bridgehead atoms. The Hall–Kier alpha value is -2.88. The molecule has 0 radical (unpaired) electrons. The summed E-state index contributed by atoms with van der Waals surface area (Å²) in [5.41, 5.74) is -3.08. The van der Waals surface area contributed by atoms with Crippen LogP contribution in [0, 0.1) is 28.1 Å². The third-order valence-electron chi connectivity index (χ3n) is 10.9. The Morgan fingerprint density at radius 1 is 1.11 bits per heavy atom. The van der Waals surface area contributed by atoms with E-state index < -0.39 is 63.7 Å². The van der Waals surface area contributed by atoms with Crippen molar-refractivity contribution in [2.45, 2.75) is 96.7 Å². The van der Waals surface area contributed by atoms with Crippen molar-refractivity contribution in [2.75, 3.05) is 0 Å². The number of nitrogens with zero attached hydrogens (tertiary/aromatic N) is 1. The Kier molecular flexibility index (Phi) is 5.09. The van der Waals surface area contributed by atoms with Gasteiger partial charge in [-0.15, -0.1) is 0 Å². The fourth-order valence-corrected chi connectivity index (χ4v) is 9.41. The van der Waals surface area contributed by atoms with E-state index in [0.29, 0.717) is 18.6 Å². The Morgan fingerprint density at radius 3 is 2.47 bits per heavy atom. The predicted octanol–water partition coefficient (Wildman–Crippen LogP) is 3.95. The van der Waals surface area contributed by atoms with Crippen molar-refractivity contribution >= 4 is 23.6 Å². The van der Waals surface area contributed by atoms with Gasteiger partial charge in [-0.25, -0.2) is 4.79 Å². The summed E-state index contributed by atoms with van der Waals surface area (Å²) < 4.78 is 29.6. The van der Waals surface area contributed by atoms with Crippen molar-refractivity contribution < 1.29 is 43.0 Å². The number of fused-ring (bicyclic) bond motifs is 3. The van der Waals surface area contributed by atoms with Gasteiger partial charge in [0, 0.05) is 34.7 Å². The molecule has 0 aromatic carbocycles. The van der Waals surface area contributed by atoms with Crippen LogP contribution in [0.25, 0.3) is 0 Å². The van der Waals surface area contributed by atoms with Crippen molar-refractivity contribution in [1.29, 1.82) is 0 Å². The Labute approximate surface area is 221 Å². The average Bonchev–Trinajstić information content (AvgIpc) is 3.41. The highest BCUT2D eigenvalue weighted by Gasteiger charge is 2.88. The summed E-state index contributed by atoms with van der Waals surface area (Å²) in [6.45, 7) is 11.2. The molecule has 2 aliphatic carbocycles. The van der Waals surface area contributed by atoms with Gasteiger partial charge in [0.25, 0.3) is 0 Å². The van der Waals surface area contributed by atoms with E-state index in [1.165, 1.54) is 6.92 Å². The monoisotopic (exact) mass is 529 g/mol. The smallest absolute Gasteiger partial charge is 0.339 e. The molecule has 206 valence electrons. The molecular formula is C28H35NO9. The van der Waals surface area contributed by atoms with Crippen molar-refractivity contribution in [1.82, 2.24) is 0 Å². The van der Waals surface area contributed by atoms with Gasteiger partial charge in [0.05, 0.1) is 24.7 Å². The molecule has 1 N–H and O–H groups in total. The minimum atomic E-state index is -1.03. The number of carbonyl (C=O) groups is 3. The van der Waals surface area contributed by atoms with Crippen molar-refractivity contribution in [2.24, 2.45) is 33.2 Å². The first kappa shape index (κ1) is 25.4. The van der Waals surface area contributed by atoms with Gasteiger partial charge in [-0.2, -0.15) is 0 Å². The van der Waals surface area contributed by atoms with Crippen LogP contribution in [0.1, 0.15) is 78.9 Å². The molecule has 4 heterocycles. The lowest BCUT2D eigenvalue weighted by molar-refractivity contribution is -0.215. The largest absolute Gasteiger partial charge is 0.472 e. The summed E-state index contributed by atoms with van der Waals surface area (Å²) in [5.74, 6) is -1.98. The molecule has 3 saturated heterocycles. The fraction of sp³-hybridized carbons (Fsp3) is 0.714. The van der Waals surface area contributed by atoms with Crippen LogP contribution in [0.15, 0.2) is 28.2 Å². The lowest BCUT2D eigenvalue weighted by atomic mass is 9.36. The number of carbonyl (C=O) groups excluding carboxylic acids is 3. The van der Waals surface area contributed by atoms with Crippen LogP contribution in [0.2, 0.25) is 0 Å². The molecule has 0 unspecified atom stereocenters. The number of furan rings is 1. The number of cyclic esters (lactones) is 2. The highest BCUT2D eigenvalue weighted by Crippen LogP contribution is 2.78. The lowest BCUT2D eigenvalue weighted by Gasteiger charge is -2.66. The molecule has 38 heavy (non-hydrogen) atoms. The van der Waals surface area contributed by atoms with E-state index in [1.807, 2.05) is 20.8 Å². The molecule has 9 atom stereocenters. The van der Waals surface area contributed by atoms with Gasteiger partial charge in [-0.05, 0) is 45.1 Å². The first-order chi connectivity index (χ1) is 17.8. The van der Waals surface area contributed by atoms with Gasteiger partial charge in [-0.3, -0.25) is 9.59 Å². The molecule has 1 aromatic heterocycles. The van der Waals surface area contributed by atoms with Gasteiger partial charge >= 0.3 is 17.9 Å². The maximum atomic E-state index is 13.3. The minimum Gasteiger partial charge on any atom is -0.472 e.